The quantitative estimate of drug-likeness (QED) is 0.850. The lowest BCUT2D eigenvalue weighted by molar-refractivity contribution is -0.155. The van der Waals surface area contributed by atoms with Gasteiger partial charge < -0.3 is 10.2 Å². The Kier molecular flexibility index (Phi) is 3.98. The molecule has 0 bridgehead atoms. The first-order valence-electron chi connectivity index (χ1n) is 8.65. The Morgan fingerprint density at radius 3 is 2.52 bits per heavy atom. The molecule has 0 aromatic carbocycles. The molecular formula is C17H28N2O2. The molecular weight excluding hydrogens is 264 g/mol. The maximum atomic E-state index is 13.0. The van der Waals surface area contributed by atoms with Gasteiger partial charge in [-0.2, -0.15) is 0 Å². The molecule has 1 spiro atoms. The van der Waals surface area contributed by atoms with Gasteiger partial charge in [-0.15, -0.1) is 0 Å². The summed E-state index contributed by atoms with van der Waals surface area (Å²) in [4.78, 5) is 27.2. The van der Waals surface area contributed by atoms with Gasteiger partial charge in [0, 0.05) is 6.54 Å². The zero-order valence-electron chi connectivity index (χ0n) is 13.4. The SMILES string of the molecule is CC1CCCC(CN2C(=O)C3(CCCC3)NC(=O)C2C)C1. The van der Waals surface area contributed by atoms with E-state index in [1.54, 1.807) is 0 Å². The molecule has 0 radical (unpaired) electrons. The predicted molar refractivity (Wildman–Crippen MR) is 81.6 cm³/mol. The van der Waals surface area contributed by atoms with Crippen LogP contribution in [0.3, 0.4) is 0 Å². The zero-order chi connectivity index (χ0) is 15.0. The summed E-state index contributed by atoms with van der Waals surface area (Å²) in [6, 6.07) is -0.305. The zero-order valence-corrected chi connectivity index (χ0v) is 13.4. The first kappa shape index (κ1) is 14.9. The minimum Gasteiger partial charge on any atom is -0.340 e. The van der Waals surface area contributed by atoms with E-state index in [1.807, 2.05) is 11.8 Å². The van der Waals surface area contributed by atoms with Crippen LogP contribution in [-0.4, -0.2) is 34.8 Å². The van der Waals surface area contributed by atoms with Gasteiger partial charge in [0.15, 0.2) is 0 Å². The van der Waals surface area contributed by atoms with Crippen LogP contribution in [0.1, 0.15) is 65.2 Å². The maximum Gasteiger partial charge on any atom is 0.249 e. The molecule has 4 nitrogen and oxygen atoms in total. The predicted octanol–water partition coefficient (Wildman–Crippen LogP) is 2.47. The van der Waals surface area contributed by atoms with E-state index in [1.165, 1.54) is 25.7 Å². The first-order chi connectivity index (χ1) is 10.0. The molecule has 2 aliphatic carbocycles. The van der Waals surface area contributed by atoms with Crippen molar-refractivity contribution < 1.29 is 9.59 Å². The Hall–Kier alpha value is -1.06. The van der Waals surface area contributed by atoms with Crippen LogP contribution in [-0.2, 0) is 9.59 Å². The van der Waals surface area contributed by atoms with Gasteiger partial charge in [0.1, 0.15) is 11.6 Å². The number of hydrogen-bond acceptors (Lipinski definition) is 2. The van der Waals surface area contributed by atoms with Gasteiger partial charge in [0.2, 0.25) is 11.8 Å². The Morgan fingerprint density at radius 2 is 1.86 bits per heavy atom. The largest absolute Gasteiger partial charge is 0.340 e. The molecule has 1 aliphatic heterocycles. The van der Waals surface area contributed by atoms with E-state index < -0.39 is 5.54 Å². The molecule has 3 aliphatic rings. The van der Waals surface area contributed by atoms with Crippen molar-refractivity contribution in [3.05, 3.63) is 0 Å². The fraction of sp³-hybridized carbons (Fsp3) is 0.882. The second kappa shape index (κ2) is 5.62. The molecule has 21 heavy (non-hydrogen) atoms. The van der Waals surface area contributed by atoms with E-state index in [-0.39, 0.29) is 17.9 Å². The third kappa shape index (κ3) is 2.69. The lowest BCUT2D eigenvalue weighted by Crippen LogP contribution is -2.69. The third-order valence-electron chi connectivity index (χ3n) is 5.84. The van der Waals surface area contributed by atoms with Gasteiger partial charge in [-0.3, -0.25) is 9.59 Å². The van der Waals surface area contributed by atoms with Crippen LogP contribution in [0.25, 0.3) is 0 Å². The highest BCUT2D eigenvalue weighted by Gasteiger charge is 2.51. The minimum atomic E-state index is -0.566. The van der Waals surface area contributed by atoms with E-state index in [9.17, 15) is 9.59 Å². The first-order valence-corrected chi connectivity index (χ1v) is 8.65. The van der Waals surface area contributed by atoms with Crippen LogP contribution in [0.4, 0.5) is 0 Å². The van der Waals surface area contributed by atoms with E-state index in [0.29, 0.717) is 5.92 Å². The number of nitrogens with one attached hydrogen (secondary N) is 1. The van der Waals surface area contributed by atoms with Crippen molar-refractivity contribution in [1.82, 2.24) is 10.2 Å². The summed E-state index contributed by atoms with van der Waals surface area (Å²) >= 11 is 0. The maximum absolute atomic E-state index is 13.0. The number of amides is 2. The molecule has 3 rings (SSSR count). The summed E-state index contributed by atoms with van der Waals surface area (Å²) in [5.41, 5.74) is -0.566. The van der Waals surface area contributed by atoms with Crippen molar-refractivity contribution in [1.29, 1.82) is 0 Å². The van der Waals surface area contributed by atoms with E-state index in [0.717, 1.165) is 38.1 Å². The summed E-state index contributed by atoms with van der Waals surface area (Å²) in [6.07, 6.45) is 8.72. The number of hydrogen-bond donors (Lipinski definition) is 1. The van der Waals surface area contributed by atoms with Gasteiger partial charge in [-0.25, -0.2) is 0 Å². The molecule has 2 saturated carbocycles. The monoisotopic (exact) mass is 292 g/mol. The van der Waals surface area contributed by atoms with Crippen LogP contribution >= 0.6 is 0 Å². The van der Waals surface area contributed by atoms with E-state index in [2.05, 4.69) is 12.2 Å². The highest BCUT2D eigenvalue weighted by atomic mass is 16.2. The van der Waals surface area contributed by atoms with Crippen molar-refractivity contribution >= 4 is 11.8 Å². The lowest BCUT2D eigenvalue weighted by atomic mass is 9.81. The van der Waals surface area contributed by atoms with E-state index in [4.69, 9.17) is 0 Å². The summed E-state index contributed by atoms with van der Waals surface area (Å²) in [7, 11) is 0. The number of carbonyl (C=O) groups excluding carboxylic acids is 2. The van der Waals surface area contributed by atoms with Crippen LogP contribution in [0, 0.1) is 11.8 Å². The van der Waals surface area contributed by atoms with Crippen molar-refractivity contribution in [2.75, 3.05) is 6.54 Å². The molecule has 1 heterocycles. The molecule has 3 unspecified atom stereocenters. The number of rotatable bonds is 2. The number of piperazine rings is 1. The second-order valence-electron chi connectivity index (χ2n) is 7.55. The summed E-state index contributed by atoms with van der Waals surface area (Å²) in [5, 5.41) is 3.04. The fourth-order valence-electron chi connectivity index (χ4n) is 4.55. The third-order valence-corrected chi connectivity index (χ3v) is 5.84. The molecule has 1 saturated heterocycles. The summed E-state index contributed by atoms with van der Waals surface area (Å²) in [5.74, 6) is 1.56. The molecule has 0 aromatic heterocycles. The van der Waals surface area contributed by atoms with Crippen molar-refractivity contribution in [2.24, 2.45) is 11.8 Å². The standard InChI is InChI=1S/C17H28N2O2/c1-12-6-5-7-14(10-12)11-19-13(2)15(20)18-17(16(19)21)8-3-4-9-17/h12-14H,3-11H2,1-2H3,(H,18,20). The van der Waals surface area contributed by atoms with Crippen LogP contribution in [0.15, 0.2) is 0 Å². The normalized spacial score (nSPS) is 36.1. The second-order valence-corrected chi connectivity index (χ2v) is 7.55. The number of nitrogens with zero attached hydrogens (tertiary/aromatic N) is 1. The van der Waals surface area contributed by atoms with Crippen molar-refractivity contribution in [2.45, 2.75) is 76.8 Å². The lowest BCUT2D eigenvalue weighted by Gasteiger charge is -2.45. The summed E-state index contributed by atoms with van der Waals surface area (Å²) in [6.45, 7) is 4.96. The van der Waals surface area contributed by atoms with Crippen molar-refractivity contribution in [3.8, 4) is 0 Å². The molecule has 3 fully saturated rings. The van der Waals surface area contributed by atoms with Crippen molar-refractivity contribution in [3.63, 3.8) is 0 Å². The van der Waals surface area contributed by atoms with Gasteiger partial charge in [0.25, 0.3) is 0 Å². The highest BCUT2D eigenvalue weighted by molar-refractivity contribution is 5.99. The Bertz CT molecular complexity index is 429. The fourth-order valence-corrected chi connectivity index (χ4v) is 4.55. The summed E-state index contributed by atoms with van der Waals surface area (Å²) < 4.78 is 0. The minimum absolute atomic E-state index is 0.0420. The average Bonchev–Trinajstić information content (AvgIpc) is 2.91. The Balaban J connectivity index is 1.75. The van der Waals surface area contributed by atoms with Crippen LogP contribution in [0.2, 0.25) is 0 Å². The highest BCUT2D eigenvalue weighted by Crippen LogP contribution is 2.36. The Labute approximate surface area is 127 Å². The van der Waals surface area contributed by atoms with Gasteiger partial charge in [-0.05, 0) is 44.4 Å². The smallest absolute Gasteiger partial charge is 0.249 e. The topological polar surface area (TPSA) is 49.4 Å². The number of carbonyl (C=O) groups is 2. The molecule has 118 valence electrons. The Morgan fingerprint density at radius 1 is 1.14 bits per heavy atom. The molecule has 3 atom stereocenters. The van der Waals surface area contributed by atoms with Crippen LogP contribution in [0.5, 0.6) is 0 Å². The van der Waals surface area contributed by atoms with Gasteiger partial charge >= 0.3 is 0 Å². The van der Waals surface area contributed by atoms with Crippen LogP contribution < -0.4 is 5.32 Å². The van der Waals surface area contributed by atoms with E-state index >= 15 is 0 Å². The molecule has 4 heteroatoms. The molecule has 1 N–H and O–H groups in total. The molecule has 0 aromatic rings. The molecule has 2 amide bonds. The average molecular weight is 292 g/mol. The van der Waals surface area contributed by atoms with Gasteiger partial charge in [-0.1, -0.05) is 32.6 Å². The van der Waals surface area contributed by atoms with Gasteiger partial charge in [0.05, 0.1) is 0 Å².